The SMILES string of the molecule is COCC1CCCN(c2ccc(CNC3CC3)cc2Br)C1. The number of methoxy groups -OCH3 is 1. The molecule has 0 aromatic heterocycles. The Hall–Kier alpha value is -0.580. The fourth-order valence-electron chi connectivity index (χ4n) is 3.12. The van der Waals surface area contributed by atoms with Crippen LogP contribution in [0.15, 0.2) is 22.7 Å². The number of rotatable bonds is 6. The number of nitrogens with one attached hydrogen (secondary N) is 1. The first-order chi connectivity index (χ1) is 10.3. The van der Waals surface area contributed by atoms with Gasteiger partial charge < -0.3 is 15.0 Å². The van der Waals surface area contributed by atoms with E-state index in [9.17, 15) is 0 Å². The van der Waals surface area contributed by atoms with E-state index in [1.165, 1.54) is 41.4 Å². The lowest BCUT2D eigenvalue weighted by Crippen LogP contribution is -2.37. The van der Waals surface area contributed by atoms with Crippen LogP contribution >= 0.6 is 15.9 Å². The largest absolute Gasteiger partial charge is 0.384 e. The molecular weight excluding hydrogens is 328 g/mol. The van der Waals surface area contributed by atoms with Crippen LogP contribution in [0.25, 0.3) is 0 Å². The average Bonchev–Trinajstić information content (AvgIpc) is 3.30. The number of ether oxygens (including phenoxy) is 1. The van der Waals surface area contributed by atoms with Crippen LogP contribution in [-0.4, -0.2) is 32.8 Å². The molecule has 0 radical (unpaired) electrons. The number of hydrogen-bond acceptors (Lipinski definition) is 3. The summed E-state index contributed by atoms with van der Waals surface area (Å²) in [6, 6.07) is 7.56. The Labute approximate surface area is 136 Å². The van der Waals surface area contributed by atoms with E-state index in [2.05, 4.69) is 44.3 Å². The van der Waals surface area contributed by atoms with Gasteiger partial charge >= 0.3 is 0 Å². The van der Waals surface area contributed by atoms with Gasteiger partial charge in [0.2, 0.25) is 0 Å². The Bertz CT molecular complexity index is 474. The predicted molar refractivity (Wildman–Crippen MR) is 90.8 cm³/mol. The Balaban J connectivity index is 1.63. The van der Waals surface area contributed by atoms with Gasteiger partial charge in [-0.3, -0.25) is 0 Å². The van der Waals surface area contributed by atoms with Gasteiger partial charge in [0, 0.05) is 37.3 Å². The molecule has 116 valence electrons. The molecule has 1 aromatic carbocycles. The summed E-state index contributed by atoms with van der Waals surface area (Å²) in [4.78, 5) is 2.50. The molecule has 0 spiro atoms. The molecule has 0 bridgehead atoms. The summed E-state index contributed by atoms with van der Waals surface area (Å²) >= 11 is 3.76. The summed E-state index contributed by atoms with van der Waals surface area (Å²) in [6.07, 6.45) is 5.22. The number of halogens is 1. The Morgan fingerprint density at radius 2 is 2.19 bits per heavy atom. The van der Waals surface area contributed by atoms with Gasteiger partial charge in [-0.05, 0) is 65.2 Å². The Morgan fingerprint density at radius 3 is 2.90 bits per heavy atom. The maximum Gasteiger partial charge on any atom is 0.0510 e. The van der Waals surface area contributed by atoms with E-state index in [-0.39, 0.29) is 0 Å². The fraction of sp³-hybridized carbons (Fsp3) is 0.647. The lowest BCUT2D eigenvalue weighted by Gasteiger charge is -2.34. The van der Waals surface area contributed by atoms with Crippen molar-refractivity contribution in [3.63, 3.8) is 0 Å². The second kappa shape index (κ2) is 7.12. The molecule has 1 atom stereocenters. The van der Waals surface area contributed by atoms with E-state index in [0.29, 0.717) is 5.92 Å². The summed E-state index contributed by atoms with van der Waals surface area (Å²) in [5, 5.41) is 3.57. The van der Waals surface area contributed by atoms with Crippen molar-refractivity contribution >= 4 is 21.6 Å². The summed E-state index contributed by atoms with van der Waals surface area (Å²) in [7, 11) is 1.80. The van der Waals surface area contributed by atoms with Crippen LogP contribution in [0.4, 0.5) is 5.69 Å². The second-order valence-electron chi connectivity index (χ2n) is 6.35. The van der Waals surface area contributed by atoms with Crippen molar-refractivity contribution < 1.29 is 4.74 Å². The summed E-state index contributed by atoms with van der Waals surface area (Å²) < 4.78 is 6.55. The number of anilines is 1. The molecule has 4 heteroatoms. The minimum Gasteiger partial charge on any atom is -0.384 e. The van der Waals surface area contributed by atoms with Crippen LogP contribution in [-0.2, 0) is 11.3 Å². The van der Waals surface area contributed by atoms with E-state index >= 15 is 0 Å². The number of benzene rings is 1. The molecule has 1 aliphatic carbocycles. The van der Waals surface area contributed by atoms with Gasteiger partial charge in [-0.1, -0.05) is 6.07 Å². The molecule has 1 heterocycles. The molecule has 0 amide bonds. The first kappa shape index (κ1) is 15.3. The van der Waals surface area contributed by atoms with Crippen LogP contribution < -0.4 is 10.2 Å². The first-order valence-electron chi connectivity index (χ1n) is 8.02. The molecular formula is C17H25BrN2O. The second-order valence-corrected chi connectivity index (χ2v) is 7.20. The monoisotopic (exact) mass is 352 g/mol. The van der Waals surface area contributed by atoms with Crippen molar-refractivity contribution in [3.8, 4) is 0 Å². The zero-order valence-electron chi connectivity index (χ0n) is 12.8. The van der Waals surface area contributed by atoms with Crippen molar-refractivity contribution in [2.24, 2.45) is 5.92 Å². The van der Waals surface area contributed by atoms with E-state index < -0.39 is 0 Å². The predicted octanol–water partition coefficient (Wildman–Crippen LogP) is 3.56. The summed E-state index contributed by atoms with van der Waals surface area (Å²) in [5.74, 6) is 0.659. The van der Waals surface area contributed by atoms with Crippen LogP contribution in [0.1, 0.15) is 31.2 Å². The lowest BCUT2D eigenvalue weighted by molar-refractivity contribution is 0.143. The standard InChI is InChI=1S/C17H25BrN2O/c1-21-12-14-3-2-8-20(11-14)17-7-4-13(9-16(17)18)10-19-15-5-6-15/h4,7,9,14-15,19H,2-3,5-6,8,10-12H2,1H3. The topological polar surface area (TPSA) is 24.5 Å². The lowest BCUT2D eigenvalue weighted by atomic mass is 9.98. The maximum absolute atomic E-state index is 5.33. The summed E-state index contributed by atoms with van der Waals surface area (Å²) in [6.45, 7) is 4.11. The third kappa shape index (κ3) is 4.21. The highest BCUT2D eigenvalue weighted by Gasteiger charge is 2.22. The zero-order chi connectivity index (χ0) is 14.7. The molecule has 1 N–H and O–H groups in total. The van der Waals surface area contributed by atoms with Crippen molar-refractivity contribution in [3.05, 3.63) is 28.2 Å². The van der Waals surface area contributed by atoms with Crippen LogP contribution in [0, 0.1) is 5.92 Å². The smallest absolute Gasteiger partial charge is 0.0510 e. The highest BCUT2D eigenvalue weighted by molar-refractivity contribution is 9.10. The average molecular weight is 353 g/mol. The molecule has 1 unspecified atom stereocenters. The van der Waals surface area contributed by atoms with E-state index in [4.69, 9.17) is 4.74 Å². The molecule has 1 aromatic rings. The number of piperidine rings is 1. The van der Waals surface area contributed by atoms with Crippen LogP contribution in [0.5, 0.6) is 0 Å². The van der Waals surface area contributed by atoms with Crippen molar-refractivity contribution in [2.75, 3.05) is 31.7 Å². The maximum atomic E-state index is 5.33. The van der Waals surface area contributed by atoms with Gasteiger partial charge in [0.05, 0.1) is 12.3 Å². The van der Waals surface area contributed by atoms with Crippen molar-refractivity contribution in [1.29, 1.82) is 0 Å². The minimum absolute atomic E-state index is 0.659. The molecule has 21 heavy (non-hydrogen) atoms. The van der Waals surface area contributed by atoms with E-state index in [1.807, 2.05) is 0 Å². The van der Waals surface area contributed by atoms with Gasteiger partial charge in [0.15, 0.2) is 0 Å². The third-order valence-corrected chi connectivity index (χ3v) is 5.08. The Kier molecular flexibility index (Phi) is 5.19. The molecule has 1 aliphatic heterocycles. The number of nitrogens with zero attached hydrogens (tertiary/aromatic N) is 1. The van der Waals surface area contributed by atoms with Crippen molar-refractivity contribution in [2.45, 2.75) is 38.3 Å². The van der Waals surface area contributed by atoms with Crippen LogP contribution in [0.3, 0.4) is 0 Å². The number of hydrogen-bond donors (Lipinski definition) is 1. The molecule has 2 aliphatic rings. The molecule has 2 fully saturated rings. The first-order valence-corrected chi connectivity index (χ1v) is 8.81. The molecule has 1 saturated heterocycles. The zero-order valence-corrected chi connectivity index (χ0v) is 14.4. The van der Waals surface area contributed by atoms with Gasteiger partial charge in [0.1, 0.15) is 0 Å². The minimum atomic E-state index is 0.659. The highest BCUT2D eigenvalue weighted by atomic mass is 79.9. The highest BCUT2D eigenvalue weighted by Crippen LogP contribution is 2.31. The molecule has 3 nitrogen and oxygen atoms in total. The van der Waals surface area contributed by atoms with Gasteiger partial charge in [-0.25, -0.2) is 0 Å². The molecule has 1 saturated carbocycles. The van der Waals surface area contributed by atoms with E-state index in [0.717, 1.165) is 32.3 Å². The van der Waals surface area contributed by atoms with Gasteiger partial charge in [0.25, 0.3) is 0 Å². The fourth-order valence-corrected chi connectivity index (χ4v) is 3.80. The quantitative estimate of drug-likeness (QED) is 0.846. The Morgan fingerprint density at radius 1 is 1.33 bits per heavy atom. The van der Waals surface area contributed by atoms with Crippen LogP contribution in [0.2, 0.25) is 0 Å². The van der Waals surface area contributed by atoms with E-state index in [1.54, 1.807) is 7.11 Å². The van der Waals surface area contributed by atoms with Crippen molar-refractivity contribution in [1.82, 2.24) is 5.32 Å². The van der Waals surface area contributed by atoms with Gasteiger partial charge in [-0.2, -0.15) is 0 Å². The normalized spacial score (nSPS) is 22.6. The summed E-state index contributed by atoms with van der Waals surface area (Å²) in [5.41, 5.74) is 2.69. The molecule has 3 rings (SSSR count). The third-order valence-electron chi connectivity index (χ3n) is 4.45. The van der Waals surface area contributed by atoms with Gasteiger partial charge in [-0.15, -0.1) is 0 Å².